The molecule has 4 N–H and O–H groups in total. The summed E-state index contributed by atoms with van der Waals surface area (Å²) in [7, 11) is 0. The minimum Gasteiger partial charge on any atom is -0.338 e. The highest BCUT2D eigenvalue weighted by Crippen LogP contribution is 2.14. The number of carbonyl (C=O) groups excluding carboxylic acids is 2. The third-order valence-corrected chi connectivity index (χ3v) is 3.66. The number of amides is 3. The van der Waals surface area contributed by atoms with Gasteiger partial charge < -0.3 is 11.1 Å². The number of carbonyl (C=O) groups is 2. The normalized spacial score (nSPS) is 23.6. The first-order valence-corrected chi connectivity index (χ1v) is 7.45. The molecule has 0 aliphatic carbocycles. The molecule has 0 aromatic rings. The van der Waals surface area contributed by atoms with E-state index in [-0.39, 0.29) is 24.5 Å². The zero-order valence-corrected chi connectivity index (χ0v) is 12.8. The predicted octanol–water partition coefficient (Wildman–Crippen LogP) is 0.670. The highest BCUT2D eigenvalue weighted by atomic mass is 16.2. The Balaban J connectivity index is 2.24. The predicted molar refractivity (Wildman–Crippen MR) is 79.2 cm³/mol. The van der Waals surface area contributed by atoms with Crippen molar-refractivity contribution in [2.45, 2.75) is 52.1 Å². The van der Waals surface area contributed by atoms with Crippen LogP contribution in [0.1, 0.15) is 40.0 Å². The molecule has 2 atom stereocenters. The molecule has 3 amide bonds. The molecule has 1 aliphatic heterocycles. The number of likely N-dealkylation sites (tertiary alicyclic amines) is 1. The van der Waals surface area contributed by atoms with Gasteiger partial charge in [0, 0.05) is 25.2 Å². The number of hydrogen-bond acceptors (Lipinski definition) is 4. The molecule has 0 aromatic heterocycles. The van der Waals surface area contributed by atoms with Gasteiger partial charge in [0.15, 0.2) is 0 Å². The summed E-state index contributed by atoms with van der Waals surface area (Å²) in [6.07, 6.45) is 2.70. The van der Waals surface area contributed by atoms with Crippen molar-refractivity contribution in [3.8, 4) is 0 Å². The van der Waals surface area contributed by atoms with Crippen LogP contribution in [0, 0.1) is 5.92 Å². The van der Waals surface area contributed by atoms with Crippen LogP contribution in [0.15, 0.2) is 0 Å². The van der Waals surface area contributed by atoms with Crippen LogP contribution < -0.4 is 16.4 Å². The highest BCUT2D eigenvalue weighted by molar-refractivity contribution is 5.95. The second kappa shape index (κ2) is 8.21. The van der Waals surface area contributed by atoms with Gasteiger partial charge in [-0.2, -0.15) is 0 Å². The monoisotopic (exact) mass is 284 g/mol. The third-order valence-electron chi connectivity index (χ3n) is 3.66. The summed E-state index contributed by atoms with van der Waals surface area (Å²) in [6.45, 7) is 7.90. The van der Waals surface area contributed by atoms with E-state index >= 15 is 0 Å². The highest BCUT2D eigenvalue weighted by Gasteiger charge is 2.25. The van der Waals surface area contributed by atoms with E-state index in [1.807, 2.05) is 0 Å². The van der Waals surface area contributed by atoms with E-state index in [0.717, 1.165) is 25.8 Å². The van der Waals surface area contributed by atoms with E-state index in [1.165, 1.54) is 0 Å². The standard InChI is InChI=1S/C14H28N4O2/c1-10(2)4-6-16-14(20)17-13(19)9-18-7-5-12(15)8-11(18)3/h10-12H,4-9,15H2,1-3H3,(H2,16,17,19,20). The average molecular weight is 284 g/mol. The topological polar surface area (TPSA) is 87.5 Å². The van der Waals surface area contributed by atoms with Gasteiger partial charge in [-0.05, 0) is 32.1 Å². The smallest absolute Gasteiger partial charge is 0.321 e. The Morgan fingerprint density at radius 1 is 1.40 bits per heavy atom. The molecule has 0 radical (unpaired) electrons. The molecule has 116 valence electrons. The molecule has 20 heavy (non-hydrogen) atoms. The molecule has 0 aromatic carbocycles. The zero-order chi connectivity index (χ0) is 15.1. The SMILES string of the molecule is CC(C)CCNC(=O)NC(=O)CN1CCC(N)CC1C. The van der Waals surface area contributed by atoms with Crippen LogP contribution in [0.25, 0.3) is 0 Å². The van der Waals surface area contributed by atoms with Gasteiger partial charge in [0.05, 0.1) is 6.54 Å². The molecule has 2 unspecified atom stereocenters. The number of nitrogens with zero attached hydrogens (tertiary/aromatic N) is 1. The molecule has 0 saturated carbocycles. The maximum absolute atomic E-state index is 11.8. The fraction of sp³-hybridized carbons (Fsp3) is 0.857. The van der Waals surface area contributed by atoms with E-state index in [0.29, 0.717) is 12.5 Å². The molecule has 1 aliphatic rings. The summed E-state index contributed by atoms with van der Waals surface area (Å²) in [5.41, 5.74) is 5.89. The number of rotatable bonds is 5. The van der Waals surface area contributed by atoms with E-state index in [4.69, 9.17) is 5.73 Å². The van der Waals surface area contributed by atoms with Crippen molar-refractivity contribution in [3.05, 3.63) is 0 Å². The van der Waals surface area contributed by atoms with Crippen molar-refractivity contribution < 1.29 is 9.59 Å². The summed E-state index contributed by atoms with van der Waals surface area (Å²) in [5, 5.41) is 5.06. The van der Waals surface area contributed by atoms with Crippen LogP contribution in [-0.2, 0) is 4.79 Å². The lowest BCUT2D eigenvalue weighted by molar-refractivity contribution is -0.122. The van der Waals surface area contributed by atoms with Gasteiger partial charge >= 0.3 is 6.03 Å². The zero-order valence-electron chi connectivity index (χ0n) is 12.8. The average Bonchev–Trinajstić information content (AvgIpc) is 2.32. The molecule has 1 fully saturated rings. The molecule has 6 nitrogen and oxygen atoms in total. The first kappa shape index (κ1) is 16.9. The van der Waals surface area contributed by atoms with Crippen molar-refractivity contribution in [2.24, 2.45) is 11.7 Å². The van der Waals surface area contributed by atoms with Crippen LogP contribution in [0.2, 0.25) is 0 Å². The molecule has 1 saturated heterocycles. The van der Waals surface area contributed by atoms with Crippen molar-refractivity contribution >= 4 is 11.9 Å². The Morgan fingerprint density at radius 2 is 2.10 bits per heavy atom. The van der Waals surface area contributed by atoms with Crippen LogP contribution in [0.4, 0.5) is 4.79 Å². The molecule has 0 bridgehead atoms. The van der Waals surface area contributed by atoms with Gasteiger partial charge in [-0.25, -0.2) is 4.79 Å². The van der Waals surface area contributed by atoms with Gasteiger partial charge in [-0.1, -0.05) is 13.8 Å². The summed E-state index contributed by atoms with van der Waals surface area (Å²) >= 11 is 0. The summed E-state index contributed by atoms with van der Waals surface area (Å²) in [6, 6.07) is 0.106. The van der Waals surface area contributed by atoms with Gasteiger partial charge in [-0.3, -0.25) is 15.0 Å². The van der Waals surface area contributed by atoms with Crippen molar-refractivity contribution in [1.82, 2.24) is 15.5 Å². The maximum atomic E-state index is 11.8. The van der Waals surface area contributed by atoms with E-state index in [1.54, 1.807) is 0 Å². The van der Waals surface area contributed by atoms with Crippen LogP contribution in [-0.4, -0.2) is 48.6 Å². The van der Waals surface area contributed by atoms with Crippen LogP contribution >= 0.6 is 0 Å². The number of nitrogens with one attached hydrogen (secondary N) is 2. The molecular weight excluding hydrogens is 256 g/mol. The number of imide groups is 1. The van der Waals surface area contributed by atoms with E-state index in [9.17, 15) is 9.59 Å². The first-order chi connectivity index (χ1) is 9.38. The Labute approximate surface area is 121 Å². The number of nitrogens with two attached hydrogens (primary N) is 1. The largest absolute Gasteiger partial charge is 0.338 e. The Kier molecular flexibility index (Phi) is 6.95. The lowest BCUT2D eigenvalue weighted by Gasteiger charge is -2.35. The lowest BCUT2D eigenvalue weighted by Crippen LogP contribution is -2.51. The first-order valence-electron chi connectivity index (χ1n) is 7.45. The number of hydrogen-bond donors (Lipinski definition) is 3. The minimum absolute atomic E-state index is 0.226. The van der Waals surface area contributed by atoms with Gasteiger partial charge in [0.2, 0.25) is 5.91 Å². The van der Waals surface area contributed by atoms with Gasteiger partial charge in [0.25, 0.3) is 0 Å². The summed E-state index contributed by atoms with van der Waals surface area (Å²) < 4.78 is 0. The number of urea groups is 1. The fourth-order valence-corrected chi connectivity index (χ4v) is 2.36. The molecule has 1 heterocycles. The second-order valence-corrected chi connectivity index (χ2v) is 6.09. The van der Waals surface area contributed by atoms with E-state index < -0.39 is 6.03 Å². The Hall–Kier alpha value is -1.14. The summed E-state index contributed by atoms with van der Waals surface area (Å²) in [5.74, 6) is 0.277. The summed E-state index contributed by atoms with van der Waals surface area (Å²) in [4.78, 5) is 25.4. The van der Waals surface area contributed by atoms with Gasteiger partial charge in [-0.15, -0.1) is 0 Å². The van der Waals surface area contributed by atoms with Crippen molar-refractivity contribution in [2.75, 3.05) is 19.6 Å². The minimum atomic E-state index is -0.406. The van der Waals surface area contributed by atoms with Crippen LogP contribution in [0.3, 0.4) is 0 Å². The maximum Gasteiger partial charge on any atom is 0.321 e. The Morgan fingerprint density at radius 3 is 2.70 bits per heavy atom. The third kappa shape index (κ3) is 6.34. The van der Waals surface area contributed by atoms with Crippen molar-refractivity contribution in [3.63, 3.8) is 0 Å². The van der Waals surface area contributed by atoms with Crippen LogP contribution in [0.5, 0.6) is 0 Å². The number of piperidine rings is 1. The lowest BCUT2D eigenvalue weighted by atomic mass is 9.99. The van der Waals surface area contributed by atoms with Gasteiger partial charge in [0.1, 0.15) is 0 Å². The Bertz CT molecular complexity index is 333. The van der Waals surface area contributed by atoms with E-state index in [2.05, 4.69) is 36.3 Å². The molecule has 1 rings (SSSR count). The quantitative estimate of drug-likeness (QED) is 0.692. The second-order valence-electron chi connectivity index (χ2n) is 6.09. The molecular formula is C14H28N4O2. The molecule has 6 heteroatoms. The fourth-order valence-electron chi connectivity index (χ4n) is 2.36. The molecule has 0 spiro atoms. The van der Waals surface area contributed by atoms with Crippen molar-refractivity contribution in [1.29, 1.82) is 0 Å².